The highest BCUT2D eigenvalue weighted by atomic mass is 32.2. The summed E-state index contributed by atoms with van der Waals surface area (Å²) in [6.45, 7) is 9.11. The molecule has 5 aliphatic rings. The van der Waals surface area contributed by atoms with Crippen molar-refractivity contribution in [3.8, 4) is 0 Å². The lowest BCUT2D eigenvalue weighted by molar-refractivity contribution is -0.159. The first-order chi connectivity index (χ1) is 20.0. The Morgan fingerprint density at radius 1 is 0.953 bits per heavy atom. The zero-order valence-corrected chi connectivity index (χ0v) is 26.7. The van der Waals surface area contributed by atoms with E-state index in [2.05, 4.69) is 18.7 Å². The lowest BCUT2D eigenvalue weighted by Gasteiger charge is -2.61. The van der Waals surface area contributed by atoms with Crippen molar-refractivity contribution in [2.45, 2.75) is 114 Å². The van der Waals surface area contributed by atoms with E-state index in [-0.39, 0.29) is 23.4 Å². The molecule has 240 valence electrons. The molecule has 1 heterocycles. The first-order valence-electron chi connectivity index (χ1n) is 16.2. The number of hydrogen-bond acceptors (Lipinski definition) is 5. The number of hydrogen-bond donors (Lipinski definition) is 1. The molecule has 1 aromatic rings. The molecule has 43 heavy (non-hydrogen) atoms. The van der Waals surface area contributed by atoms with Crippen molar-refractivity contribution in [2.24, 2.45) is 34.5 Å². The van der Waals surface area contributed by atoms with E-state index in [4.69, 9.17) is 0 Å². The Balaban J connectivity index is 1.14. The van der Waals surface area contributed by atoms with Crippen molar-refractivity contribution in [3.63, 3.8) is 0 Å². The molecule has 1 N–H and O–H groups in total. The van der Waals surface area contributed by atoms with Crippen LogP contribution in [0, 0.1) is 34.5 Å². The van der Waals surface area contributed by atoms with E-state index in [1.807, 2.05) is 6.92 Å². The normalized spacial score (nSPS) is 42.7. The van der Waals surface area contributed by atoms with E-state index in [0.717, 1.165) is 57.1 Å². The van der Waals surface area contributed by atoms with Crippen molar-refractivity contribution in [1.29, 1.82) is 0 Å². The van der Waals surface area contributed by atoms with Gasteiger partial charge in [0.1, 0.15) is 5.78 Å². The molecular formula is C33H47F3N2O4S. The molecule has 6 rings (SSSR count). The van der Waals surface area contributed by atoms with Gasteiger partial charge >= 0.3 is 6.18 Å². The second-order valence-electron chi connectivity index (χ2n) is 15.2. The van der Waals surface area contributed by atoms with Gasteiger partial charge in [0.25, 0.3) is 0 Å². The summed E-state index contributed by atoms with van der Waals surface area (Å²) >= 11 is 0. The van der Waals surface area contributed by atoms with Gasteiger partial charge in [-0.25, -0.2) is 8.42 Å². The number of β-amino-alcohol motifs (C(OH)–C–C–N with tert-alkyl or cyclic N) is 1. The minimum absolute atomic E-state index is 0.0650. The van der Waals surface area contributed by atoms with Gasteiger partial charge in [0.05, 0.1) is 16.1 Å². The fraction of sp³-hybridized carbons (Fsp3) is 0.788. The summed E-state index contributed by atoms with van der Waals surface area (Å²) in [4.78, 5) is 14.2. The van der Waals surface area contributed by atoms with E-state index < -0.39 is 38.3 Å². The number of aliphatic hydroxyl groups is 1. The summed E-state index contributed by atoms with van der Waals surface area (Å²) in [5.74, 6) is 2.54. The highest BCUT2D eigenvalue weighted by Crippen LogP contribution is 2.66. The van der Waals surface area contributed by atoms with Gasteiger partial charge in [-0.2, -0.15) is 17.5 Å². The third-order valence-electron chi connectivity index (χ3n) is 12.9. The molecule has 10 heteroatoms. The lowest BCUT2D eigenvalue weighted by Crippen LogP contribution is -2.62. The number of benzene rings is 1. The molecule has 1 saturated heterocycles. The summed E-state index contributed by atoms with van der Waals surface area (Å²) in [5.41, 5.74) is -2.02. The molecule has 4 saturated carbocycles. The van der Waals surface area contributed by atoms with Crippen LogP contribution in [0.5, 0.6) is 0 Å². The van der Waals surface area contributed by atoms with E-state index in [9.17, 15) is 31.5 Å². The third kappa shape index (κ3) is 5.10. The molecule has 1 aliphatic heterocycles. The van der Waals surface area contributed by atoms with Crippen LogP contribution in [-0.4, -0.2) is 65.8 Å². The third-order valence-corrected chi connectivity index (χ3v) is 14.9. The molecule has 0 bridgehead atoms. The van der Waals surface area contributed by atoms with E-state index in [0.29, 0.717) is 55.4 Å². The van der Waals surface area contributed by atoms with Crippen molar-refractivity contribution in [2.75, 3.05) is 19.6 Å². The van der Waals surface area contributed by atoms with Crippen LogP contribution in [0.25, 0.3) is 0 Å². The minimum Gasteiger partial charge on any atom is -0.389 e. The molecule has 4 aliphatic carbocycles. The average molecular weight is 625 g/mol. The molecule has 1 aromatic carbocycles. The minimum atomic E-state index is -4.77. The summed E-state index contributed by atoms with van der Waals surface area (Å²) in [7, 11) is -4.38. The quantitative estimate of drug-likeness (QED) is 0.436. The van der Waals surface area contributed by atoms with Gasteiger partial charge in [-0.15, -0.1) is 0 Å². The maximum absolute atomic E-state index is 13.7. The zero-order chi connectivity index (χ0) is 31.2. The maximum atomic E-state index is 13.7. The molecule has 9 atom stereocenters. The van der Waals surface area contributed by atoms with Crippen molar-refractivity contribution >= 4 is 15.8 Å². The molecule has 5 fully saturated rings. The molecule has 0 amide bonds. The summed E-state index contributed by atoms with van der Waals surface area (Å²) < 4.78 is 69.3. The molecule has 6 nitrogen and oxygen atoms in total. The Morgan fingerprint density at radius 2 is 1.67 bits per heavy atom. The van der Waals surface area contributed by atoms with Crippen molar-refractivity contribution in [3.05, 3.63) is 29.8 Å². The molecule has 4 unspecified atom stereocenters. The highest BCUT2D eigenvalue weighted by Gasteiger charge is 2.61. The topological polar surface area (TPSA) is 77.9 Å². The summed E-state index contributed by atoms with van der Waals surface area (Å²) in [6, 6.07) is 3.58. The molecule has 0 aromatic heterocycles. The van der Waals surface area contributed by atoms with Crippen molar-refractivity contribution < 1.29 is 31.5 Å². The largest absolute Gasteiger partial charge is 0.417 e. The number of halogens is 3. The Hall–Kier alpha value is -1.49. The fourth-order valence-electron chi connectivity index (χ4n) is 10.4. The van der Waals surface area contributed by atoms with E-state index in [1.54, 1.807) is 6.92 Å². The number of carbonyl (C=O) groups is 1. The smallest absolute Gasteiger partial charge is 0.389 e. The van der Waals surface area contributed by atoms with Crippen LogP contribution in [0.3, 0.4) is 0 Å². The van der Waals surface area contributed by atoms with Gasteiger partial charge in [-0.1, -0.05) is 26.0 Å². The number of ketones is 1. The number of nitrogens with zero attached hydrogens (tertiary/aromatic N) is 2. The van der Waals surface area contributed by atoms with Crippen LogP contribution in [0.1, 0.15) is 91.0 Å². The molecule has 0 radical (unpaired) electrons. The van der Waals surface area contributed by atoms with Crippen LogP contribution >= 0.6 is 0 Å². The monoisotopic (exact) mass is 624 g/mol. The van der Waals surface area contributed by atoms with Gasteiger partial charge in [-0.3, -0.25) is 9.69 Å². The number of fused-ring (bicyclic) bond motifs is 5. The Bertz CT molecular complexity index is 1370. The van der Waals surface area contributed by atoms with Gasteiger partial charge in [0.15, 0.2) is 0 Å². The zero-order valence-electron chi connectivity index (χ0n) is 25.9. The Morgan fingerprint density at radius 3 is 2.40 bits per heavy atom. The standard InChI is InChI=1S/C33H47F3N2O4S/c1-21-19-38(43(41,42)28-8-6-5-7-27(28)33(34,35)36)22(2)18-37(21)20-32(40)16-15-30(3)23(17-32)9-10-24-25-11-12-29(39)31(25,4)14-13-26(24)30/h5-8,21-26,40H,9-20H2,1-4H3/t21?,22?,23?,24-,25-,26+,30-,31-,32?/m0/s1. The van der Waals surface area contributed by atoms with Gasteiger partial charge in [0.2, 0.25) is 10.0 Å². The molecule has 0 spiro atoms. The second-order valence-corrected chi connectivity index (χ2v) is 17.1. The first-order valence-corrected chi connectivity index (χ1v) is 17.6. The predicted octanol–water partition coefficient (Wildman–Crippen LogP) is 6.13. The first kappa shape index (κ1) is 31.5. The number of alkyl halides is 3. The number of piperazine rings is 1. The maximum Gasteiger partial charge on any atom is 0.417 e. The van der Waals surface area contributed by atoms with Gasteiger partial charge in [0, 0.05) is 43.6 Å². The molecular weight excluding hydrogens is 577 g/mol. The average Bonchev–Trinajstić information content (AvgIpc) is 3.24. The van der Waals surface area contributed by atoms with Crippen LogP contribution in [0.15, 0.2) is 29.2 Å². The van der Waals surface area contributed by atoms with Crippen LogP contribution < -0.4 is 0 Å². The number of carbonyl (C=O) groups excluding carboxylic acids is 1. The van der Waals surface area contributed by atoms with Crippen LogP contribution in [-0.2, 0) is 21.0 Å². The SMILES string of the molecule is CC1CN(S(=O)(=O)c2ccccc2C(F)(F)F)C(C)CN1CC1(O)CC[C@@]2(C)C(CC[C@@H]3[C@H]2CC[C@]2(C)C(=O)CC[C@@H]32)C1. The van der Waals surface area contributed by atoms with Crippen LogP contribution in [0.4, 0.5) is 13.2 Å². The highest BCUT2D eigenvalue weighted by molar-refractivity contribution is 7.89. The number of sulfonamides is 1. The number of rotatable bonds is 4. The fourth-order valence-corrected chi connectivity index (χ4v) is 12.3. The summed E-state index contributed by atoms with van der Waals surface area (Å²) in [6.07, 6.45) is 3.59. The second kappa shape index (κ2) is 10.5. The summed E-state index contributed by atoms with van der Waals surface area (Å²) in [5, 5.41) is 12.0. The Kier molecular flexibility index (Phi) is 7.71. The van der Waals surface area contributed by atoms with Gasteiger partial charge < -0.3 is 5.11 Å². The number of Topliss-reactive ketones (excluding diaryl/α,β-unsaturated/α-hetero) is 1. The van der Waals surface area contributed by atoms with Gasteiger partial charge in [-0.05, 0) is 106 Å². The van der Waals surface area contributed by atoms with Crippen LogP contribution in [0.2, 0.25) is 0 Å². The van der Waals surface area contributed by atoms with E-state index in [1.165, 1.54) is 16.4 Å². The van der Waals surface area contributed by atoms with E-state index >= 15 is 0 Å². The Labute approximate surface area is 254 Å². The van der Waals surface area contributed by atoms with Crippen molar-refractivity contribution in [1.82, 2.24) is 9.21 Å². The lowest BCUT2D eigenvalue weighted by atomic mass is 9.44. The predicted molar refractivity (Wildman–Crippen MR) is 158 cm³/mol.